The highest BCUT2D eigenvalue weighted by atomic mass is 16.4. The van der Waals surface area contributed by atoms with Gasteiger partial charge in [0, 0.05) is 11.1 Å². The molecule has 0 aliphatic carbocycles. The first-order valence-electron chi connectivity index (χ1n) is 7.32. The van der Waals surface area contributed by atoms with E-state index in [-0.39, 0.29) is 0 Å². The lowest BCUT2D eigenvalue weighted by molar-refractivity contribution is -0.140. The summed E-state index contributed by atoms with van der Waals surface area (Å²) < 4.78 is 0. The van der Waals surface area contributed by atoms with Gasteiger partial charge in [0.1, 0.15) is 12.1 Å². The number of carbonyl (C=O) groups excluding carboxylic acids is 2. The molecule has 0 rings (SSSR count). The van der Waals surface area contributed by atoms with Crippen molar-refractivity contribution in [3.8, 4) is 0 Å². The molecule has 0 bridgehead atoms. The number of carboxylic acids is 1. The van der Waals surface area contributed by atoms with Crippen molar-refractivity contribution in [2.24, 2.45) is 17.2 Å². The zero-order valence-corrected chi connectivity index (χ0v) is 14.3. The average Bonchev–Trinajstić information content (AvgIpc) is 2.31. The monoisotopic (exact) mass is 331 g/mol. The van der Waals surface area contributed by atoms with Crippen LogP contribution in [0.1, 0.15) is 41.0 Å². The van der Waals surface area contributed by atoms with Gasteiger partial charge in [0.05, 0.1) is 12.5 Å². The van der Waals surface area contributed by atoms with E-state index in [1.165, 1.54) is 6.92 Å². The molecule has 0 aliphatic heterocycles. The fourth-order valence-electron chi connectivity index (χ4n) is 2.25. The molecular formula is C14H29N5O4. The maximum atomic E-state index is 12.2. The van der Waals surface area contributed by atoms with Gasteiger partial charge in [-0.15, -0.1) is 0 Å². The summed E-state index contributed by atoms with van der Waals surface area (Å²) >= 11 is 0. The van der Waals surface area contributed by atoms with Crippen LogP contribution in [0.5, 0.6) is 0 Å². The largest absolute Gasteiger partial charge is 0.480 e. The summed E-state index contributed by atoms with van der Waals surface area (Å²) in [4.78, 5) is 34.5. The Hall–Kier alpha value is -1.71. The van der Waals surface area contributed by atoms with Gasteiger partial charge in [0.25, 0.3) is 0 Å². The maximum absolute atomic E-state index is 12.2. The first-order chi connectivity index (χ1) is 10.2. The van der Waals surface area contributed by atoms with Crippen molar-refractivity contribution in [2.75, 3.05) is 0 Å². The Balaban J connectivity index is 4.77. The Morgan fingerprint density at radius 2 is 1.48 bits per heavy atom. The molecular weight excluding hydrogens is 302 g/mol. The number of aliphatic carboxylic acids is 1. The number of carbonyl (C=O) groups is 3. The third kappa shape index (κ3) is 7.40. The zero-order valence-electron chi connectivity index (χ0n) is 14.3. The molecule has 134 valence electrons. The standard InChI is InChI=1S/C14H29N5O4/c1-7(18-9(20)6-8(15)11(22)23)10(21)19-12(13(2,3)16)14(4,5)17/h7-8,12H,6,15-17H2,1-5H3,(H,18,20)(H,19,21)(H,22,23)/t7-,8+/m1/s1. The Morgan fingerprint density at radius 1 is 1.04 bits per heavy atom. The Kier molecular flexibility index (Phi) is 7.14. The van der Waals surface area contributed by atoms with E-state index in [9.17, 15) is 14.4 Å². The molecule has 0 aromatic heterocycles. The second-order valence-corrected chi connectivity index (χ2v) is 7.02. The van der Waals surface area contributed by atoms with Crippen LogP contribution in [0.4, 0.5) is 0 Å². The van der Waals surface area contributed by atoms with Gasteiger partial charge in [-0.25, -0.2) is 0 Å². The van der Waals surface area contributed by atoms with E-state index < -0.39 is 53.4 Å². The number of carboxylic acid groups (broad SMARTS) is 1. The minimum atomic E-state index is -1.32. The van der Waals surface area contributed by atoms with E-state index in [0.29, 0.717) is 0 Å². The molecule has 23 heavy (non-hydrogen) atoms. The van der Waals surface area contributed by atoms with E-state index in [2.05, 4.69) is 10.6 Å². The third-order valence-corrected chi connectivity index (χ3v) is 3.27. The minimum Gasteiger partial charge on any atom is -0.480 e. The van der Waals surface area contributed by atoms with Gasteiger partial charge in [-0.2, -0.15) is 0 Å². The molecule has 0 aromatic rings. The van der Waals surface area contributed by atoms with Crippen LogP contribution in [0, 0.1) is 0 Å². The van der Waals surface area contributed by atoms with Gasteiger partial charge in [0.15, 0.2) is 0 Å². The number of rotatable bonds is 8. The van der Waals surface area contributed by atoms with Crippen molar-refractivity contribution in [3.05, 3.63) is 0 Å². The maximum Gasteiger partial charge on any atom is 0.321 e. The summed E-state index contributed by atoms with van der Waals surface area (Å²) in [5, 5.41) is 13.8. The van der Waals surface area contributed by atoms with Gasteiger partial charge in [-0.1, -0.05) is 0 Å². The lowest BCUT2D eigenvalue weighted by atomic mass is 9.82. The van der Waals surface area contributed by atoms with Crippen molar-refractivity contribution < 1.29 is 19.5 Å². The molecule has 9 N–H and O–H groups in total. The lowest BCUT2D eigenvalue weighted by Gasteiger charge is -2.41. The van der Waals surface area contributed by atoms with Crippen LogP contribution in [-0.2, 0) is 14.4 Å². The van der Waals surface area contributed by atoms with Gasteiger partial charge in [-0.3, -0.25) is 14.4 Å². The normalized spacial score (nSPS) is 15.0. The summed E-state index contributed by atoms with van der Waals surface area (Å²) in [6, 6.07) is -2.73. The number of nitrogens with one attached hydrogen (secondary N) is 2. The Labute approximate surface area is 136 Å². The van der Waals surface area contributed by atoms with Crippen LogP contribution in [0.25, 0.3) is 0 Å². The van der Waals surface area contributed by atoms with Crippen LogP contribution in [0.15, 0.2) is 0 Å². The van der Waals surface area contributed by atoms with Crippen LogP contribution in [-0.4, -0.2) is 52.1 Å². The third-order valence-electron chi connectivity index (χ3n) is 3.27. The van der Waals surface area contributed by atoms with Crippen molar-refractivity contribution in [2.45, 2.75) is 70.2 Å². The molecule has 0 unspecified atom stereocenters. The van der Waals surface area contributed by atoms with E-state index in [1.54, 1.807) is 27.7 Å². The highest BCUT2D eigenvalue weighted by Gasteiger charge is 2.38. The number of hydrogen-bond donors (Lipinski definition) is 6. The summed E-state index contributed by atoms with van der Waals surface area (Å²) in [6.45, 7) is 8.43. The quantitative estimate of drug-likeness (QED) is 0.306. The molecule has 0 heterocycles. The van der Waals surface area contributed by atoms with E-state index in [0.717, 1.165) is 0 Å². The lowest BCUT2D eigenvalue weighted by Crippen LogP contribution is -2.68. The fraction of sp³-hybridized carbons (Fsp3) is 0.786. The second kappa shape index (κ2) is 7.71. The Morgan fingerprint density at radius 3 is 1.83 bits per heavy atom. The van der Waals surface area contributed by atoms with Crippen molar-refractivity contribution in [1.29, 1.82) is 0 Å². The second-order valence-electron chi connectivity index (χ2n) is 7.02. The summed E-state index contributed by atoms with van der Waals surface area (Å²) in [6.07, 6.45) is -0.416. The van der Waals surface area contributed by atoms with Crippen LogP contribution in [0.3, 0.4) is 0 Å². The molecule has 9 heteroatoms. The minimum absolute atomic E-state index is 0.416. The highest BCUT2D eigenvalue weighted by Crippen LogP contribution is 2.16. The number of nitrogens with two attached hydrogens (primary N) is 3. The van der Waals surface area contributed by atoms with E-state index in [1.807, 2.05) is 0 Å². The zero-order chi connectivity index (χ0) is 18.6. The molecule has 0 aliphatic rings. The molecule has 0 aromatic carbocycles. The fourth-order valence-corrected chi connectivity index (χ4v) is 2.25. The topological polar surface area (TPSA) is 174 Å². The van der Waals surface area contributed by atoms with Crippen molar-refractivity contribution >= 4 is 17.8 Å². The summed E-state index contributed by atoms with van der Waals surface area (Å²) in [5.41, 5.74) is 15.8. The smallest absolute Gasteiger partial charge is 0.321 e. The summed E-state index contributed by atoms with van der Waals surface area (Å²) in [7, 11) is 0. The van der Waals surface area contributed by atoms with E-state index >= 15 is 0 Å². The molecule has 0 spiro atoms. The van der Waals surface area contributed by atoms with E-state index in [4.69, 9.17) is 22.3 Å². The average molecular weight is 331 g/mol. The van der Waals surface area contributed by atoms with Crippen LogP contribution < -0.4 is 27.8 Å². The Bertz CT molecular complexity index is 439. The molecule has 0 saturated heterocycles. The molecule has 2 atom stereocenters. The highest BCUT2D eigenvalue weighted by molar-refractivity contribution is 5.89. The van der Waals surface area contributed by atoms with Crippen molar-refractivity contribution in [3.63, 3.8) is 0 Å². The first kappa shape index (κ1) is 21.3. The number of amides is 2. The van der Waals surface area contributed by atoms with Gasteiger partial charge >= 0.3 is 5.97 Å². The van der Waals surface area contributed by atoms with Gasteiger partial charge in [0.2, 0.25) is 11.8 Å². The predicted octanol–water partition coefficient (Wildman–Crippen LogP) is -1.75. The SMILES string of the molecule is C[C@@H](NC(=O)C[C@H](N)C(=O)O)C(=O)NC(C(C)(C)N)C(C)(C)N. The van der Waals surface area contributed by atoms with Crippen LogP contribution >= 0.6 is 0 Å². The molecule has 0 fully saturated rings. The molecule has 0 saturated carbocycles. The number of hydrogen-bond acceptors (Lipinski definition) is 6. The predicted molar refractivity (Wildman–Crippen MR) is 86.3 cm³/mol. The van der Waals surface area contributed by atoms with Crippen LogP contribution in [0.2, 0.25) is 0 Å². The van der Waals surface area contributed by atoms with Crippen molar-refractivity contribution in [1.82, 2.24) is 10.6 Å². The first-order valence-corrected chi connectivity index (χ1v) is 7.32. The van der Waals surface area contributed by atoms with Gasteiger partial charge in [-0.05, 0) is 34.6 Å². The molecule has 2 amide bonds. The van der Waals surface area contributed by atoms with Gasteiger partial charge < -0.3 is 32.9 Å². The molecule has 0 radical (unpaired) electrons. The molecule has 9 nitrogen and oxygen atoms in total. The summed E-state index contributed by atoms with van der Waals surface area (Å²) in [5.74, 6) is -2.38.